The lowest BCUT2D eigenvalue weighted by Crippen LogP contribution is -2.55. The zero-order chi connectivity index (χ0) is 17.6. The highest BCUT2D eigenvalue weighted by Crippen LogP contribution is 2.37. The van der Waals surface area contributed by atoms with Gasteiger partial charge in [0.2, 0.25) is 0 Å². The van der Waals surface area contributed by atoms with Gasteiger partial charge in [-0.25, -0.2) is 0 Å². The Morgan fingerprint density at radius 1 is 1.43 bits per heavy atom. The molecule has 0 saturated heterocycles. The summed E-state index contributed by atoms with van der Waals surface area (Å²) in [5.74, 6) is 1.16. The molecule has 0 bridgehead atoms. The van der Waals surface area contributed by atoms with Gasteiger partial charge in [-0.3, -0.25) is 4.79 Å². The largest absolute Gasteiger partial charge is 0.493 e. The van der Waals surface area contributed by atoms with Crippen molar-refractivity contribution in [2.45, 2.75) is 39.7 Å². The minimum Gasteiger partial charge on any atom is -0.493 e. The van der Waals surface area contributed by atoms with Crippen LogP contribution in [0.5, 0.6) is 11.5 Å². The van der Waals surface area contributed by atoms with E-state index in [2.05, 4.69) is 21.2 Å². The molecule has 1 amide bonds. The summed E-state index contributed by atoms with van der Waals surface area (Å²) in [5.41, 5.74) is 5.86. The predicted molar refractivity (Wildman–Crippen MR) is 96.2 cm³/mol. The van der Waals surface area contributed by atoms with Gasteiger partial charge in [0.05, 0.1) is 23.7 Å². The molecule has 1 aromatic rings. The third-order valence-electron chi connectivity index (χ3n) is 4.04. The number of hydrogen-bond acceptors (Lipinski definition) is 4. The van der Waals surface area contributed by atoms with Crippen molar-refractivity contribution in [1.82, 2.24) is 5.32 Å². The third kappa shape index (κ3) is 4.85. The Morgan fingerprint density at radius 2 is 2.09 bits per heavy atom. The van der Waals surface area contributed by atoms with Gasteiger partial charge in [0.1, 0.15) is 0 Å². The summed E-state index contributed by atoms with van der Waals surface area (Å²) in [7, 11) is 1.56. The molecule has 0 radical (unpaired) electrons. The number of carbonyl (C=O) groups is 1. The quantitative estimate of drug-likeness (QED) is 0.718. The SMILES string of the molecule is CCCOc1c(Br)cc(C(=O)NC(C)(CN)C(C)C)cc1OC. The molecule has 0 spiro atoms. The number of carbonyl (C=O) groups excluding carboxylic acids is 1. The molecule has 1 unspecified atom stereocenters. The lowest BCUT2D eigenvalue weighted by atomic mass is 9.88. The zero-order valence-corrected chi connectivity index (χ0v) is 16.1. The fraction of sp³-hybridized carbons (Fsp3) is 0.588. The first-order valence-electron chi connectivity index (χ1n) is 7.82. The van der Waals surface area contributed by atoms with Gasteiger partial charge in [-0.1, -0.05) is 20.8 Å². The number of nitrogens with two attached hydrogens (primary N) is 1. The third-order valence-corrected chi connectivity index (χ3v) is 4.63. The van der Waals surface area contributed by atoms with Gasteiger partial charge in [-0.05, 0) is 47.3 Å². The molecule has 23 heavy (non-hydrogen) atoms. The average Bonchev–Trinajstić information content (AvgIpc) is 2.52. The molecule has 0 aliphatic heterocycles. The highest BCUT2D eigenvalue weighted by atomic mass is 79.9. The molecule has 0 aliphatic carbocycles. The summed E-state index contributed by atoms with van der Waals surface area (Å²) >= 11 is 3.45. The van der Waals surface area contributed by atoms with Crippen molar-refractivity contribution < 1.29 is 14.3 Å². The second kappa shape index (κ2) is 8.55. The number of methoxy groups -OCH3 is 1. The molecule has 0 fully saturated rings. The van der Waals surface area contributed by atoms with Gasteiger partial charge in [-0.2, -0.15) is 0 Å². The van der Waals surface area contributed by atoms with Crippen molar-refractivity contribution in [2.24, 2.45) is 11.7 Å². The van der Waals surface area contributed by atoms with E-state index in [1.807, 2.05) is 27.7 Å². The van der Waals surface area contributed by atoms with Crippen LogP contribution in [0.2, 0.25) is 0 Å². The van der Waals surface area contributed by atoms with Crippen LogP contribution in [0.4, 0.5) is 0 Å². The number of hydrogen-bond donors (Lipinski definition) is 2. The first-order valence-corrected chi connectivity index (χ1v) is 8.61. The van der Waals surface area contributed by atoms with Gasteiger partial charge >= 0.3 is 0 Å². The maximum atomic E-state index is 12.6. The van der Waals surface area contributed by atoms with Crippen LogP contribution in [0.1, 0.15) is 44.5 Å². The summed E-state index contributed by atoms with van der Waals surface area (Å²) in [6, 6.07) is 3.42. The van der Waals surface area contributed by atoms with Crippen LogP contribution in [0.3, 0.4) is 0 Å². The minimum absolute atomic E-state index is 0.187. The summed E-state index contributed by atoms with van der Waals surface area (Å²) in [5, 5.41) is 3.02. The minimum atomic E-state index is -0.464. The number of halogens is 1. The fourth-order valence-corrected chi connectivity index (χ4v) is 2.51. The van der Waals surface area contributed by atoms with Crippen molar-refractivity contribution >= 4 is 21.8 Å². The zero-order valence-electron chi connectivity index (χ0n) is 14.5. The number of benzene rings is 1. The van der Waals surface area contributed by atoms with Gasteiger partial charge in [-0.15, -0.1) is 0 Å². The normalized spacial score (nSPS) is 13.6. The van der Waals surface area contributed by atoms with Gasteiger partial charge in [0.15, 0.2) is 11.5 Å². The molecule has 0 heterocycles. The molecule has 5 nitrogen and oxygen atoms in total. The Hall–Kier alpha value is -1.27. The Bertz CT molecular complexity index is 549. The van der Waals surface area contributed by atoms with Crippen molar-refractivity contribution in [1.29, 1.82) is 0 Å². The molecule has 1 aromatic carbocycles. The van der Waals surface area contributed by atoms with E-state index in [4.69, 9.17) is 15.2 Å². The van der Waals surface area contributed by atoms with Crippen molar-refractivity contribution in [3.05, 3.63) is 22.2 Å². The van der Waals surface area contributed by atoms with E-state index in [1.54, 1.807) is 19.2 Å². The molecule has 1 atom stereocenters. The highest BCUT2D eigenvalue weighted by Gasteiger charge is 2.29. The number of rotatable bonds is 8. The van der Waals surface area contributed by atoms with E-state index >= 15 is 0 Å². The van der Waals surface area contributed by atoms with Crippen LogP contribution in [0.25, 0.3) is 0 Å². The second-order valence-electron chi connectivity index (χ2n) is 6.07. The highest BCUT2D eigenvalue weighted by molar-refractivity contribution is 9.10. The van der Waals surface area contributed by atoms with Gasteiger partial charge in [0.25, 0.3) is 5.91 Å². The fourth-order valence-electron chi connectivity index (χ4n) is 1.96. The number of amides is 1. The lowest BCUT2D eigenvalue weighted by Gasteiger charge is -2.33. The van der Waals surface area contributed by atoms with E-state index in [0.717, 1.165) is 6.42 Å². The Balaban J connectivity index is 3.09. The number of nitrogens with one attached hydrogen (secondary N) is 1. The summed E-state index contributed by atoms with van der Waals surface area (Å²) < 4.78 is 11.7. The van der Waals surface area contributed by atoms with Crippen LogP contribution in [0.15, 0.2) is 16.6 Å². The molecule has 0 saturated carbocycles. The molecular formula is C17H27BrN2O3. The maximum Gasteiger partial charge on any atom is 0.251 e. The Morgan fingerprint density at radius 3 is 2.57 bits per heavy atom. The van der Waals surface area contributed by atoms with E-state index in [1.165, 1.54) is 0 Å². The first-order chi connectivity index (χ1) is 10.8. The van der Waals surface area contributed by atoms with Crippen LogP contribution >= 0.6 is 15.9 Å². The second-order valence-corrected chi connectivity index (χ2v) is 6.92. The van der Waals surface area contributed by atoms with E-state index in [0.29, 0.717) is 34.7 Å². The van der Waals surface area contributed by atoms with E-state index < -0.39 is 5.54 Å². The van der Waals surface area contributed by atoms with Crippen molar-refractivity contribution in [2.75, 3.05) is 20.3 Å². The first kappa shape index (κ1) is 19.8. The van der Waals surface area contributed by atoms with Crippen LogP contribution in [-0.4, -0.2) is 31.7 Å². The monoisotopic (exact) mass is 386 g/mol. The summed E-state index contributed by atoms with van der Waals surface area (Å²) in [4.78, 5) is 12.6. The Kier molecular flexibility index (Phi) is 7.35. The van der Waals surface area contributed by atoms with E-state index in [9.17, 15) is 4.79 Å². The summed E-state index contributed by atoms with van der Waals surface area (Å²) in [6.07, 6.45) is 0.890. The standard InChI is InChI=1S/C17H27BrN2O3/c1-6-7-23-15-13(18)8-12(9-14(15)22-5)16(21)20-17(4,10-19)11(2)3/h8-9,11H,6-7,10,19H2,1-5H3,(H,20,21). The van der Waals surface area contributed by atoms with Crippen LogP contribution < -0.4 is 20.5 Å². The number of ether oxygens (including phenoxy) is 2. The molecule has 0 aliphatic rings. The average molecular weight is 387 g/mol. The van der Waals surface area contributed by atoms with Crippen LogP contribution in [-0.2, 0) is 0 Å². The van der Waals surface area contributed by atoms with Gasteiger partial charge in [0, 0.05) is 12.1 Å². The topological polar surface area (TPSA) is 73.6 Å². The molecule has 0 aromatic heterocycles. The van der Waals surface area contributed by atoms with Crippen LogP contribution in [0, 0.1) is 5.92 Å². The predicted octanol–water partition coefficient (Wildman–Crippen LogP) is 3.35. The van der Waals surface area contributed by atoms with Crippen molar-refractivity contribution in [3.8, 4) is 11.5 Å². The molecular weight excluding hydrogens is 360 g/mol. The Labute approximate surface area is 147 Å². The lowest BCUT2D eigenvalue weighted by molar-refractivity contribution is 0.0882. The van der Waals surface area contributed by atoms with Crippen molar-refractivity contribution in [3.63, 3.8) is 0 Å². The molecule has 130 valence electrons. The molecule has 1 rings (SSSR count). The molecule has 3 N–H and O–H groups in total. The summed E-state index contributed by atoms with van der Waals surface area (Å²) in [6.45, 7) is 8.99. The van der Waals surface area contributed by atoms with Gasteiger partial charge < -0.3 is 20.5 Å². The maximum absolute atomic E-state index is 12.6. The molecule has 6 heteroatoms. The smallest absolute Gasteiger partial charge is 0.251 e. The van der Waals surface area contributed by atoms with E-state index in [-0.39, 0.29) is 11.8 Å².